The van der Waals surface area contributed by atoms with Crippen LogP contribution in [0.25, 0.3) is 11.5 Å². The summed E-state index contributed by atoms with van der Waals surface area (Å²) in [6.07, 6.45) is 3.89. The summed E-state index contributed by atoms with van der Waals surface area (Å²) in [5, 5.41) is 3.33. The monoisotopic (exact) mass is 396 g/mol. The molecule has 0 aliphatic heterocycles. The lowest BCUT2D eigenvalue weighted by molar-refractivity contribution is 0.865. The van der Waals surface area contributed by atoms with E-state index < -0.39 is 0 Å². The third-order valence-electron chi connectivity index (χ3n) is 3.18. The normalized spacial score (nSPS) is 10.7. The molecule has 2 heterocycles. The van der Waals surface area contributed by atoms with Gasteiger partial charge in [-0.15, -0.1) is 0 Å². The first-order chi connectivity index (χ1) is 10.1. The molecule has 0 bridgehead atoms. The summed E-state index contributed by atoms with van der Waals surface area (Å²) < 4.78 is 1.12. The third kappa shape index (κ3) is 3.70. The summed E-state index contributed by atoms with van der Waals surface area (Å²) in [5.74, 6) is 1.63. The smallest absolute Gasteiger partial charge is 0.180 e. The van der Waals surface area contributed by atoms with Crippen molar-refractivity contribution in [3.05, 3.63) is 32.7 Å². The molecule has 0 aliphatic carbocycles. The van der Waals surface area contributed by atoms with E-state index in [-0.39, 0.29) is 0 Å². The summed E-state index contributed by atoms with van der Waals surface area (Å²) in [5.41, 5.74) is 4.23. The van der Waals surface area contributed by atoms with E-state index in [0.717, 1.165) is 51.3 Å². The van der Waals surface area contributed by atoms with E-state index in [9.17, 15) is 0 Å². The fourth-order valence-electron chi connectivity index (χ4n) is 2.24. The quantitative estimate of drug-likeness (QED) is 0.772. The Kier molecular flexibility index (Phi) is 5.50. The molecule has 2 aromatic rings. The molecule has 0 saturated carbocycles. The highest BCUT2D eigenvalue weighted by atomic mass is 127. The maximum absolute atomic E-state index is 4.74. The maximum Gasteiger partial charge on any atom is 0.180 e. The lowest BCUT2D eigenvalue weighted by atomic mass is 10.1. The number of pyridine rings is 1. The van der Waals surface area contributed by atoms with Crippen LogP contribution in [0.2, 0.25) is 0 Å². The van der Waals surface area contributed by atoms with Gasteiger partial charge < -0.3 is 5.32 Å². The first-order valence-electron chi connectivity index (χ1n) is 7.30. The molecule has 0 radical (unpaired) electrons. The highest BCUT2D eigenvalue weighted by molar-refractivity contribution is 14.1. The van der Waals surface area contributed by atoms with E-state index in [1.165, 1.54) is 0 Å². The van der Waals surface area contributed by atoms with E-state index in [1.54, 1.807) is 0 Å². The molecule has 0 aliphatic rings. The van der Waals surface area contributed by atoms with Gasteiger partial charge in [0.25, 0.3) is 0 Å². The second kappa shape index (κ2) is 7.15. The average Bonchev–Trinajstić information content (AvgIpc) is 2.43. The van der Waals surface area contributed by atoms with Gasteiger partial charge in [-0.3, -0.25) is 4.98 Å². The van der Waals surface area contributed by atoms with Gasteiger partial charge in [0.1, 0.15) is 11.5 Å². The Bertz CT molecular complexity index is 613. The van der Waals surface area contributed by atoms with Crippen molar-refractivity contribution in [3.63, 3.8) is 0 Å². The van der Waals surface area contributed by atoms with Crippen LogP contribution < -0.4 is 5.32 Å². The fraction of sp³-hybridized carbons (Fsp3) is 0.438. The lowest BCUT2D eigenvalue weighted by Crippen LogP contribution is -2.09. The number of hydrogen-bond donors (Lipinski definition) is 1. The van der Waals surface area contributed by atoms with Crippen molar-refractivity contribution in [3.8, 4) is 11.5 Å². The number of halogens is 1. The van der Waals surface area contributed by atoms with E-state index in [1.807, 2.05) is 13.1 Å². The van der Waals surface area contributed by atoms with Crippen LogP contribution in [0.3, 0.4) is 0 Å². The van der Waals surface area contributed by atoms with Crippen molar-refractivity contribution in [1.82, 2.24) is 15.0 Å². The first kappa shape index (κ1) is 16.1. The molecule has 0 saturated heterocycles. The van der Waals surface area contributed by atoms with Crippen LogP contribution >= 0.6 is 22.6 Å². The van der Waals surface area contributed by atoms with Crippen molar-refractivity contribution in [1.29, 1.82) is 0 Å². The largest absolute Gasteiger partial charge is 0.369 e. The number of rotatable bonds is 5. The van der Waals surface area contributed by atoms with Gasteiger partial charge in [0, 0.05) is 12.7 Å². The van der Waals surface area contributed by atoms with E-state index in [0.29, 0.717) is 5.82 Å². The highest BCUT2D eigenvalue weighted by Crippen LogP contribution is 2.25. The Morgan fingerprint density at radius 3 is 2.57 bits per heavy atom. The fourth-order valence-corrected chi connectivity index (χ4v) is 2.94. The van der Waals surface area contributed by atoms with Crippen molar-refractivity contribution >= 4 is 28.4 Å². The Balaban J connectivity index is 2.56. The SMILES string of the molecule is CCCc1nc(-c2ncc(C)cc2C)nc(NCC)c1I. The number of aryl methyl sites for hydroxylation is 3. The van der Waals surface area contributed by atoms with E-state index >= 15 is 0 Å². The molecule has 0 aromatic carbocycles. The summed E-state index contributed by atoms with van der Waals surface area (Å²) in [7, 11) is 0. The van der Waals surface area contributed by atoms with Crippen molar-refractivity contribution in [2.45, 2.75) is 40.5 Å². The second-order valence-electron chi connectivity index (χ2n) is 5.11. The summed E-state index contributed by atoms with van der Waals surface area (Å²) >= 11 is 2.33. The summed E-state index contributed by atoms with van der Waals surface area (Å²) in [4.78, 5) is 13.9. The van der Waals surface area contributed by atoms with Crippen LogP contribution in [-0.4, -0.2) is 21.5 Å². The molecule has 4 nitrogen and oxygen atoms in total. The van der Waals surface area contributed by atoms with Crippen LogP contribution in [0.4, 0.5) is 5.82 Å². The molecular formula is C16H21IN4. The van der Waals surface area contributed by atoms with Crippen LogP contribution in [-0.2, 0) is 6.42 Å². The van der Waals surface area contributed by atoms with Crippen LogP contribution in [0, 0.1) is 17.4 Å². The minimum atomic E-state index is 0.715. The van der Waals surface area contributed by atoms with Crippen LogP contribution in [0.5, 0.6) is 0 Å². The Morgan fingerprint density at radius 1 is 1.19 bits per heavy atom. The van der Waals surface area contributed by atoms with Crippen molar-refractivity contribution < 1.29 is 0 Å². The zero-order valence-electron chi connectivity index (χ0n) is 13.0. The van der Waals surface area contributed by atoms with Gasteiger partial charge in [0.15, 0.2) is 5.82 Å². The lowest BCUT2D eigenvalue weighted by Gasteiger charge is -2.12. The third-order valence-corrected chi connectivity index (χ3v) is 4.31. The van der Waals surface area contributed by atoms with Crippen LogP contribution in [0.1, 0.15) is 37.1 Å². The number of anilines is 1. The number of hydrogen-bond acceptors (Lipinski definition) is 4. The molecular weight excluding hydrogens is 375 g/mol. The number of nitrogens with zero attached hydrogens (tertiary/aromatic N) is 3. The molecule has 0 amide bonds. The maximum atomic E-state index is 4.74. The second-order valence-corrected chi connectivity index (χ2v) is 6.19. The molecule has 2 aromatic heterocycles. The van der Waals surface area contributed by atoms with E-state index in [2.05, 4.69) is 64.7 Å². The van der Waals surface area contributed by atoms with Gasteiger partial charge in [-0.25, -0.2) is 9.97 Å². The zero-order valence-corrected chi connectivity index (χ0v) is 15.2. The van der Waals surface area contributed by atoms with Crippen molar-refractivity contribution in [2.75, 3.05) is 11.9 Å². The predicted octanol–water partition coefficient (Wildman–Crippen LogP) is 4.14. The minimum absolute atomic E-state index is 0.715. The molecule has 2 rings (SSSR count). The Hall–Kier alpha value is -1.24. The first-order valence-corrected chi connectivity index (χ1v) is 8.38. The van der Waals surface area contributed by atoms with Gasteiger partial charge >= 0.3 is 0 Å². The van der Waals surface area contributed by atoms with Crippen LogP contribution in [0.15, 0.2) is 12.3 Å². The topological polar surface area (TPSA) is 50.7 Å². The molecule has 21 heavy (non-hydrogen) atoms. The average molecular weight is 396 g/mol. The summed E-state index contributed by atoms with van der Waals surface area (Å²) in [6, 6.07) is 2.12. The Labute approximate surface area is 140 Å². The van der Waals surface area contributed by atoms with Crippen molar-refractivity contribution in [2.24, 2.45) is 0 Å². The molecule has 0 unspecified atom stereocenters. The zero-order chi connectivity index (χ0) is 15.4. The number of nitrogens with one attached hydrogen (secondary N) is 1. The number of aromatic nitrogens is 3. The molecule has 0 fully saturated rings. The Morgan fingerprint density at radius 2 is 1.95 bits per heavy atom. The molecule has 0 spiro atoms. The van der Waals surface area contributed by atoms with Gasteiger partial charge in [-0.2, -0.15) is 0 Å². The molecule has 112 valence electrons. The van der Waals surface area contributed by atoms with Gasteiger partial charge in [0.2, 0.25) is 0 Å². The predicted molar refractivity (Wildman–Crippen MR) is 95.6 cm³/mol. The molecule has 0 atom stereocenters. The van der Waals surface area contributed by atoms with Gasteiger partial charge in [-0.05, 0) is 60.9 Å². The molecule has 5 heteroatoms. The van der Waals surface area contributed by atoms with Gasteiger partial charge in [-0.1, -0.05) is 19.4 Å². The van der Waals surface area contributed by atoms with Gasteiger partial charge in [0.05, 0.1) is 9.26 Å². The highest BCUT2D eigenvalue weighted by Gasteiger charge is 2.14. The minimum Gasteiger partial charge on any atom is -0.369 e. The standard InChI is InChI=1S/C16H21IN4/c1-5-7-12-13(17)15(18-6-2)21-16(20-12)14-11(4)8-10(3)9-19-14/h8-9H,5-7H2,1-4H3,(H,18,20,21). The molecule has 1 N–H and O–H groups in total. The summed E-state index contributed by atoms with van der Waals surface area (Å²) in [6.45, 7) is 9.19. The van der Waals surface area contributed by atoms with E-state index in [4.69, 9.17) is 4.98 Å².